The fourth-order valence-electron chi connectivity index (χ4n) is 4.21. The Labute approximate surface area is 200 Å². The zero-order valence-corrected chi connectivity index (χ0v) is 20.4. The number of carbonyl (C=O) groups is 1. The lowest BCUT2D eigenvalue weighted by atomic mass is 9.76. The summed E-state index contributed by atoms with van der Waals surface area (Å²) >= 11 is 0. The molecule has 3 heteroatoms. The molecule has 33 heavy (non-hydrogen) atoms. The van der Waals surface area contributed by atoms with Gasteiger partial charge in [0.25, 0.3) is 0 Å². The lowest BCUT2D eigenvalue weighted by Gasteiger charge is -2.30. The lowest BCUT2D eigenvalue weighted by molar-refractivity contribution is -0.129. The maximum atomic E-state index is 13.2. The van der Waals surface area contributed by atoms with Crippen LogP contribution in [-0.4, -0.2) is 26.2 Å². The standard InChI is InChI=1S/C30H39NO2/c1-5-7-14-25(6-2)22-31-30(32)29(23-33-4)24(3)28(21-27-17-12-9-13-18-27)20-19-26-15-10-8-11-16-26/h5-18,24,28-29H,1,19-23H2,2-4H3,(H,31,32). The van der Waals surface area contributed by atoms with Gasteiger partial charge in [0.05, 0.1) is 12.5 Å². The highest BCUT2D eigenvalue weighted by atomic mass is 16.5. The first-order chi connectivity index (χ1) is 16.1. The summed E-state index contributed by atoms with van der Waals surface area (Å²) in [5, 5.41) is 3.13. The van der Waals surface area contributed by atoms with Crippen LogP contribution in [0.2, 0.25) is 0 Å². The van der Waals surface area contributed by atoms with Gasteiger partial charge >= 0.3 is 0 Å². The Bertz CT molecular complexity index is 886. The third kappa shape index (κ3) is 9.23. The SMILES string of the molecule is C=CC=CC(=CC)CNC(=O)C(COC)C(C)C(CCc1ccccc1)Cc1ccccc1. The van der Waals surface area contributed by atoms with Gasteiger partial charge in [0.2, 0.25) is 5.91 Å². The Hall–Kier alpha value is -2.91. The van der Waals surface area contributed by atoms with Gasteiger partial charge in [-0.05, 0) is 54.7 Å². The molecule has 0 saturated heterocycles. The van der Waals surface area contributed by atoms with Crippen molar-refractivity contribution >= 4 is 5.91 Å². The minimum absolute atomic E-state index is 0.0495. The number of methoxy groups -OCH3 is 1. The normalized spacial score (nSPS) is 14.6. The molecule has 1 amide bonds. The van der Waals surface area contributed by atoms with Crippen LogP contribution in [0.1, 0.15) is 31.4 Å². The van der Waals surface area contributed by atoms with Gasteiger partial charge in [-0.2, -0.15) is 0 Å². The average molecular weight is 446 g/mol. The summed E-state index contributed by atoms with van der Waals surface area (Å²) in [6.07, 6.45) is 10.6. The van der Waals surface area contributed by atoms with Gasteiger partial charge in [0, 0.05) is 13.7 Å². The second-order valence-corrected chi connectivity index (χ2v) is 8.57. The number of rotatable bonds is 14. The van der Waals surface area contributed by atoms with E-state index in [-0.39, 0.29) is 17.7 Å². The van der Waals surface area contributed by atoms with E-state index in [1.807, 2.05) is 31.2 Å². The highest BCUT2D eigenvalue weighted by Gasteiger charge is 2.31. The van der Waals surface area contributed by atoms with E-state index in [4.69, 9.17) is 4.74 Å². The highest BCUT2D eigenvalue weighted by Crippen LogP contribution is 2.29. The summed E-state index contributed by atoms with van der Waals surface area (Å²) < 4.78 is 5.50. The highest BCUT2D eigenvalue weighted by molar-refractivity contribution is 5.79. The zero-order valence-electron chi connectivity index (χ0n) is 20.4. The largest absolute Gasteiger partial charge is 0.384 e. The van der Waals surface area contributed by atoms with Crippen molar-refractivity contribution < 1.29 is 9.53 Å². The molecule has 2 rings (SSSR count). The number of allylic oxidation sites excluding steroid dienone is 3. The van der Waals surface area contributed by atoms with Crippen LogP contribution in [0.5, 0.6) is 0 Å². The third-order valence-corrected chi connectivity index (χ3v) is 6.33. The minimum Gasteiger partial charge on any atom is -0.384 e. The first-order valence-corrected chi connectivity index (χ1v) is 11.9. The molecule has 0 spiro atoms. The number of nitrogens with one attached hydrogen (secondary N) is 1. The van der Waals surface area contributed by atoms with E-state index < -0.39 is 0 Å². The van der Waals surface area contributed by atoms with E-state index >= 15 is 0 Å². The van der Waals surface area contributed by atoms with Crippen LogP contribution in [0.25, 0.3) is 0 Å². The monoisotopic (exact) mass is 445 g/mol. The molecule has 3 nitrogen and oxygen atoms in total. The summed E-state index contributed by atoms with van der Waals surface area (Å²) in [4.78, 5) is 13.2. The maximum Gasteiger partial charge on any atom is 0.225 e. The van der Waals surface area contributed by atoms with Crippen molar-refractivity contribution in [2.24, 2.45) is 17.8 Å². The molecular formula is C30H39NO2. The molecule has 3 atom stereocenters. The molecule has 0 aliphatic rings. The van der Waals surface area contributed by atoms with E-state index in [9.17, 15) is 4.79 Å². The van der Waals surface area contributed by atoms with Gasteiger partial charge in [-0.1, -0.05) is 98.5 Å². The summed E-state index contributed by atoms with van der Waals surface area (Å²) in [5.41, 5.74) is 3.70. The van der Waals surface area contributed by atoms with Crippen molar-refractivity contribution in [2.75, 3.05) is 20.3 Å². The molecule has 176 valence electrons. The first-order valence-electron chi connectivity index (χ1n) is 11.9. The molecule has 0 bridgehead atoms. The second kappa shape index (κ2) is 15.0. The predicted molar refractivity (Wildman–Crippen MR) is 139 cm³/mol. The van der Waals surface area contributed by atoms with E-state index in [2.05, 4.69) is 73.4 Å². The average Bonchev–Trinajstić information content (AvgIpc) is 2.86. The second-order valence-electron chi connectivity index (χ2n) is 8.57. The van der Waals surface area contributed by atoms with E-state index in [1.165, 1.54) is 11.1 Å². The number of amides is 1. The number of hydrogen-bond donors (Lipinski definition) is 1. The molecule has 0 aliphatic heterocycles. The molecule has 0 saturated carbocycles. The van der Waals surface area contributed by atoms with Crippen molar-refractivity contribution in [3.63, 3.8) is 0 Å². The fourth-order valence-corrected chi connectivity index (χ4v) is 4.21. The first kappa shape index (κ1) is 26.3. The van der Waals surface area contributed by atoms with Gasteiger partial charge in [0.1, 0.15) is 0 Å². The summed E-state index contributed by atoms with van der Waals surface area (Å²) in [6, 6.07) is 21.2. The van der Waals surface area contributed by atoms with Crippen LogP contribution >= 0.6 is 0 Å². The van der Waals surface area contributed by atoms with Crippen molar-refractivity contribution in [3.05, 3.63) is 108 Å². The summed E-state index contributed by atoms with van der Waals surface area (Å²) in [6.45, 7) is 8.81. The van der Waals surface area contributed by atoms with Crippen LogP contribution in [0.3, 0.4) is 0 Å². The molecular weight excluding hydrogens is 406 g/mol. The van der Waals surface area contributed by atoms with Crippen molar-refractivity contribution in [1.29, 1.82) is 0 Å². The molecule has 3 unspecified atom stereocenters. The topological polar surface area (TPSA) is 38.3 Å². The Balaban J connectivity index is 2.15. The Morgan fingerprint density at radius 3 is 2.27 bits per heavy atom. The van der Waals surface area contributed by atoms with E-state index in [1.54, 1.807) is 13.2 Å². The van der Waals surface area contributed by atoms with E-state index in [0.717, 1.165) is 24.8 Å². The molecule has 0 radical (unpaired) electrons. The smallest absolute Gasteiger partial charge is 0.225 e. The molecule has 2 aromatic carbocycles. The molecule has 0 heterocycles. The Kier molecular flexibility index (Phi) is 12.0. The number of ether oxygens (including phenoxy) is 1. The number of carbonyl (C=O) groups excluding carboxylic acids is 1. The number of benzene rings is 2. The predicted octanol–water partition coefficient (Wildman–Crippen LogP) is 6.18. The number of aryl methyl sites for hydroxylation is 1. The fraction of sp³-hybridized carbons (Fsp3) is 0.367. The van der Waals surface area contributed by atoms with Gasteiger partial charge < -0.3 is 10.1 Å². The number of hydrogen-bond acceptors (Lipinski definition) is 2. The molecule has 0 aliphatic carbocycles. The quantitative estimate of drug-likeness (QED) is 0.353. The Morgan fingerprint density at radius 2 is 1.70 bits per heavy atom. The molecule has 0 aromatic heterocycles. The zero-order chi connectivity index (χ0) is 23.9. The molecule has 2 aromatic rings. The van der Waals surface area contributed by atoms with Crippen LogP contribution in [0.15, 0.2) is 97.1 Å². The van der Waals surface area contributed by atoms with Gasteiger partial charge in [-0.15, -0.1) is 0 Å². The minimum atomic E-state index is -0.207. The van der Waals surface area contributed by atoms with Crippen LogP contribution < -0.4 is 5.32 Å². The maximum absolute atomic E-state index is 13.2. The Morgan fingerprint density at radius 1 is 1.06 bits per heavy atom. The van der Waals surface area contributed by atoms with Crippen LogP contribution in [-0.2, 0) is 22.4 Å². The summed E-state index contributed by atoms with van der Waals surface area (Å²) in [7, 11) is 1.67. The van der Waals surface area contributed by atoms with Gasteiger partial charge in [0.15, 0.2) is 0 Å². The lowest BCUT2D eigenvalue weighted by Crippen LogP contribution is -2.40. The van der Waals surface area contributed by atoms with Crippen LogP contribution in [0, 0.1) is 17.8 Å². The van der Waals surface area contributed by atoms with Gasteiger partial charge in [-0.25, -0.2) is 0 Å². The van der Waals surface area contributed by atoms with Crippen LogP contribution in [0.4, 0.5) is 0 Å². The summed E-state index contributed by atoms with van der Waals surface area (Å²) in [5.74, 6) is 0.376. The van der Waals surface area contributed by atoms with Crippen molar-refractivity contribution in [1.82, 2.24) is 5.32 Å². The van der Waals surface area contributed by atoms with Crippen molar-refractivity contribution in [2.45, 2.75) is 33.1 Å². The molecule has 1 N–H and O–H groups in total. The van der Waals surface area contributed by atoms with Gasteiger partial charge in [-0.3, -0.25) is 4.79 Å². The third-order valence-electron chi connectivity index (χ3n) is 6.33. The van der Waals surface area contributed by atoms with E-state index in [0.29, 0.717) is 19.1 Å². The molecule has 0 fully saturated rings. The van der Waals surface area contributed by atoms with Crippen molar-refractivity contribution in [3.8, 4) is 0 Å².